The van der Waals surface area contributed by atoms with Gasteiger partial charge in [0, 0.05) is 11.8 Å². The Kier molecular flexibility index (Phi) is 8.05. The van der Waals surface area contributed by atoms with Crippen molar-refractivity contribution in [2.75, 3.05) is 5.32 Å². The largest absolute Gasteiger partial charge is 0.508 e. The molecule has 0 radical (unpaired) electrons. The number of amides is 2. The third kappa shape index (κ3) is 6.77. The summed E-state index contributed by atoms with van der Waals surface area (Å²) in [6.07, 6.45) is 2.97. The summed E-state index contributed by atoms with van der Waals surface area (Å²) >= 11 is 0. The topological polar surface area (TPSA) is 108 Å². The number of hydrogen-bond donors (Lipinski definition) is 4. The van der Waals surface area contributed by atoms with E-state index in [4.69, 9.17) is 9.94 Å². The Balaban J connectivity index is 2.05. The van der Waals surface area contributed by atoms with Crippen molar-refractivity contribution in [1.82, 2.24) is 5.48 Å². The zero-order valence-electron chi connectivity index (χ0n) is 15.5. The number of anilines is 1. The van der Waals surface area contributed by atoms with E-state index in [1.54, 1.807) is 42.5 Å². The minimum Gasteiger partial charge on any atom is -0.508 e. The highest BCUT2D eigenvalue weighted by atomic mass is 16.6. The van der Waals surface area contributed by atoms with Crippen LogP contribution in [0.5, 0.6) is 5.75 Å². The molecule has 0 spiro atoms. The molecule has 7 nitrogen and oxygen atoms in total. The lowest BCUT2D eigenvalue weighted by Crippen LogP contribution is -2.22. The Morgan fingerprint density at radius 2 is 1.79 bits per heavy atom. The summed E-state index contributed by atoms with van der Waals surface area (Å²) in [5, 5.41) is 20.7. The summed E-state index contributed by atoms with van der Waals surface area (Å²) in [5.41, 5.74) is 2.91. The Hall–Kier alpha value is -3.32. The number of hydrogen-bond acceptors (Lipinski definition) is 5. The van der Waals surface area contributed by atoms with Crippen LogP contribution < -0.4 is 10.8 Å². The molecule has 0 fully saturated rings. The standard InChI is InChI=1S/C21H24N2O5/c1-15(7-5-6-10-19(25)23-27)20(16-11-13-18(24)14-12-16)28-21(26)22-17-8-3-2-4-9-17/h2-4,6,8-15,20,24,27H,5,7H2,1H3,(H,22,26)(H,23,25)/b10-6+/t15-,20+/m0/s1. The van der Waals surface area contributed by atoms with E-state index in [0.717, 1.165) is 5.56 Å². The second-order valence-corrected chi connectivity index (χ2v) is 6.34. The normalized spacial score (nSPS) is 12.9. The molecule has 0 aliphatic carbocycles. The van der Waals surface area contributed by atoms with Crippen molar-refractivity contribution in [1.29, 1.82) is 0 Å². The van der Waals surface area contributed by atoms with E-state index < -0.39 is 18.1 Å². The molecule has 7 heteroatoms. The van der Waals surface area contributed by atoms with Gasteiger partial charge in [0.05, 0.1) is 0 Å². The Bertz CT molecular complexity index is 790. The van der Waals surface area contributed by atoms with Crippen LogP contribution in [0.2, 0.25) is 0 Å². The summed E-state index contributed by atoms with van der Waals surface area (Å²) in [6.45, 7) is 1.94. The number of ether oxygens (including phenoxy) is 1. The van der Waals surface area contributed by atoms with Crippen LogP contribution in [0.3, 0.4) is 0 Å². The van der Waals surface area contributed by atoms with Gasteiger partial charge in [0.25, 0.3) is 5.91 Å². The van der Waals surface area contributed by atoms with Crippen LogP contribution >= 0.6 is 0 Å². The molecule has 0 bridgehead atoms. The molecule has 0 aliphatic rings. The van der Waals surface area contributed by atoms with Gasteiger partial charge in [-0.3, -0.25) is 15.3 Å². The molecule has 0 heterocycles. The smallest absolute Gasteiger partial charge is 0.412 e. The van der Waals surface area contributed by atoms with Crippen molar-refractivity contribution in [3.8, 4) is 5.75 Å². The first kappa shape index (κ1) is 21.0. The van der Waals surface area contributed by atoms with Gasteiger partial charge in [-0.2, -0.15) is 0 Å². The Labute approximate surface area is 163 Å². The van der Waals surface area contributed by atoms with Gasteiger partial charge in [-0.15, -0.1) is 0 Å². The fraction of sp³-hybridized carbons (Fsp3) is 0.238. The molecular weight excluding hydrogens is 360 g/mol. The molecule has 2 rings (SSSR count). The van der Waals surface area contributed by atoms with Crippen molar-refractivity contribution in [3.63, 3.8) is 0 Å². The number of benzene rings is 2. The van der Waals surface area contributed by atoms with Crippen LogP contribution in [-0.4, -0.2) is 22.3 Å². The molecule has 2 atom stereocenters. The number of aromatic hydroxyl groups is 1. The molecule has 0 unspecified atom stereocenters. The Morgan fingerprint density at radius 1 is 1.11 bits per heavy atom. The van der Waals surface area contributed by atoms with E-state index in [2.05, 4.69) is 5.32 Å². The van der Waals surface area contributed by atoms with Crippen LogP contribution in [0.25, 0.3) is 0 Å². The number of hydroxylamine groups is 1. The number of allylic oxidation sites excluding steroid dienone is 1. The van der Waals surface area contributed by atoms with E-state index in [-0.39, 0.29) is 11.7 Å². The summed E-state index contributed by atoms with van der Waals surface area (Å²) in [4.78, 5) is 23.4. The highest BCUT2D eigenvalue weighted by Crippen LogP contribution is 2.31. The quantitative estimate of drug-likeness (QED) is 0.310. The number of phenolic OH excluding ortho intramolecular Hbond substituents is 1. The van der Waals surface area contributed by atoms with Gasteiger partial charge in [-0.05, 0) is 48.6 Å². The third-order valence-electron chi connectivity index (χ3n) is 4.16. The van der Waals surface area contributed by atoms with Gasteiger partial charge in [-0.25, -0.2) is 10.3 Å². The Morgan fingerprint density at radius 3 is 2.43 bits per heavy atom. The molecule has 28 heavy (non-hydrogen) atoms. The fourth-order valence-corrected chi connectivity index (χ4v) is 2.70. The van der Waals surface area contributed by atoms with Crippen molar-refractivity contribution in [2.24, 2.45) is 5.92 Å². The van der Waals surface area contributed by atoms with E-state index in [0.29, 0.717) is 18.5 Å². The van der Waals surface area contributed by atoms with Crippen molar-refractivity contribution in [2.45, 2.75) is 25.9 Å². The predicted molar refractivity (Wildman–Crippen MR) is 105 cm³/mol. The first-order chi connectivity index (χ1) is 13.5. The molecule has 148 valence electrons. The maximum Gasteiger partial charge on any atom is 0.412 e. The summed E-state index contributed by atoms with van der Waals surface area (Å²) in [5.74, 6) is -0.532. The molecule has 0 saturated carbocycles. The van der Waals surface area contributed by atoms with Gasteiger partial charge in [-0.1, -0.05) is 43.3 Å². The van der Waals surface area contributed by atoms with E-state index >= 15 is 0 Å². The monoisotopic (exact) mass is 384 g/mol. The number of para-hydroxylation sites is 1. The molecule has 4 N–H and O–H groups in total. The molecule has 0 saturated heterocycles. The minimum atomic E-state index is -0.596. The maximum absolute atomic E-state index is 12.3. The van der Waals surface area contributed by atoms with Gasteiger partial charge in [0.2, 0.25) is 0 Å². The van der Waals surface area contributed by atoms with Crippen LogP contribution in [0.4, 0.5) is 10.5 Å². The number of phenols is 1. The minimum absolute atomic E-state index is 0.0621. The van der Waals surface area contributed by atoms with Crippen LogP contribution in [0.1, 0.15) is 31.4 Å². The van der Waals surface area contributed by atoms with Gasteiger partial charge in [0.15, 0.2) is 0 Å². The molecule has 0 aromatic heterocycles. The van der Waals surface area contributed by atoms with E-state index in [9.17, 15) is 14.7 Å². The molecule has 2 aromatic carbocycles. The van der Waals surface area contributed by atoms with Crippen LogP contribution in [0.15, 0.2) is 66.7 Å². The highest BCUT2D eigenvalue weighted by molar-refractivity contribution is 5.86. The lowest BCUT2D eigenvalue weighted by atomic mass is 9.93. The first-order valence-electron chi connectivity index (χ1n) is 8.92. The van der Waals surface area contributed by atoms with E-state index in [1.165, 1.54) is 11.6 Å². The molecule has 2 aromatic rings. The summed E-state index contributed by atoms with van der Waals surface area (Å²) < 4.78 is 5.67. The lowest BCUT2D eigenvalue weighted by molar-refractivity contribution is -0.124. The van der Waals surface area contributed by atoms with Gasteiger partial charge >= 0.3 is 6.09 Å². The molecular formula is C21H24N2O5. The summed E-state index contributed by atoms with van der Waals surface area (Å²) in [6, 6.07) is 15.5. The zero-order chi connectivity index (χ0) is 20.4. The SMILES string of the molecule is C[C@@H](CC/C=C/C(=O)NO)[C@@H](OC(=O)Nc1ccccc1)c1ccc(O)cc1. The average molecular weight is 384 g/mol. The lowest BCUT2D eigenvalue weighted by Gasteiger charge is -2.24. The second-order valence-electron chi connectivity index (χ2n) is 6.34. The second kappa shape index (κ2) is 10.7. The number of rotatable bonds is 8. The van der Waals surface area contributed by atoms with E-state index in [1.807, 2.05) is 25.1 Å². The molecule has 2 amide bonds. The van der Waals surface area contributed by atoms with Crippen molar-refractivity contribution in [3.05, 3.63) is 72.3 Å². The highest BCUT2D eigenvalue weighted by Gasteiger charge is 2.23. The average Bonchev–Trinajstić information content (AvgIpc) is 2.70. The first-order valence-corrected chi connectivity index (χ1v) is 8.92. The third-order valence-corrected chi connectivity index (χ3v) is 4.16. The number of carbonyl (C=O) groups excluding carboxylic acids is 2. The maximum atomic E-state index is 12.3. The van der Waals surface area contributed by atoms with Crippen molar-refractivity contribution < 1.29 is 24.6 Å². The summed E-state index contributed by atoms with van der Waals surface area (Å²) in [7, 11) is 0. The fourth-order valence-electron chi connectivity index (χ4n) is 2.70. The van der Waals surface area contributed by atoms with Crippen LogP contribution in [-0.2, 0) is 9.53 Å². The number of carbonyl (C=O) groups is 2. The predicted octanol–water partition coefficient (Wildman–Crippen LogP) is 4.16. The van der Waals surface area contributed by atoms with Crippen molar-refractivity contribution >= 4 is 17.7 Å². The molecule has 0 aliphatic heterocycles. The number of nitrogens with one attached hydrogen (secondary N) is 2. The van der Waals surface area contributed by atoms with Gasteiger partial charge in [0.1, 0.15) is 11.9 Å². The van der Waals surface area contributed by atoms with Gasteiger partial charge < -0.3 is 9.84 Å². The zero-order valence-corrected chi connectivity index (χ0v) is 15.5. The van der Waals surface area contributed by atoms with Crippen LogP contribution in [0, 0.1) is 5.92 Å².